The number of hydrogen-bond acceptors (Lipinski definition) is 2. The third kappa shape index (κ3) is 1.86. The molecule has 0 N–H and O–H groups in total. The van der Waals surface area contributed by atoms with Gasteiger partial charge in [-0.3, -0.25) is 0 Å². The van der Waals surface area contributed by atoms with Crippen LogP contribution in [0.25, 0.3) is 0 Å². The van der Waals surface area contributed by atoms with E-state index >= 15 is 0 Å². The zero-order valence-electron chi connectivity index (χ0n) is 3.51. The van der Waals surface area contributed by atoms with E-state index in [4.69, 9.17) is 5.26 Å². The Hall–Kier alpha value is -0.420. The molecule has 6 heavy (non-hydrogen) atoms. The van der Waals surface area contributed by atoms with Crippen molar-refractivity contribution in [2.24, 2.45) is 5.92 Å². The Morgan fingerprint density at radius 1 is 2.00 bits per heavy atom. The van der Waals surface area contributed by atoms with Crippen molar-refractivity contribution in [3.63, 3.8) is 0 Å². The van der Waals surface area contributed by atoms with Crippen molar-refractivity contribution in [2.75, 3.05) is 0 Å². The first-order valence-corrected chi connectivity index (χ1v) is 2.13. The number of rotatable bonds is 1. The van der Waals surface area contributed by atoms with E-state index < -0.39 is 0 Å². The highest BCUT2D eigenvalue weighted by molar-refractivity contribution is 7.79. The van der Waals surface area contributed by atoms with Gasteiger partial charge in [0.25, 0.3) is 0 Å². The Balaban J connectivity index is 3.30. The van der Waals surface area contributed by atoms with Gasteiger partial charge in [-0.2, -0.15) is 5.26 Å². The molecule has 32 valence electrons. The summed E-state index contributed by atoms with van der Waals surface area (Å²) >= 11 is 4.43. The first-order chi connectivity index (χ1) is 2.81. The lowest BCUT2D eigenvalue weighted by atomic mass is 10.3. The minimum Gasteiger partial charge on any atom is -0.198 e. The first kappa shape index (κ1) is 5.58. The summed E-state index contributed by atoms with van der Waals surface area (Å²) in [6.45, 7) is 1.76. The van der Waals surface area contributed by atoms with Gasteiger partial charge in [-0.25, -0.2) is 0 Å². The lowest BCUT2D eigenvalue weighted by Gasteiger charge is -1.78. The van der Waals surface area contributed by atoms with Crippen LogP contribution in [0.2, 0.25) is 0 Å². The molecule has 0 saturated heterocycles. The molecule has 0 fully saturated rings. The molecule has 0 amide bonds. The second-order valence-corrected chi connectivity index (χ2v) is 1.33. The monoisotopic (exact) mass is 99.0 g/mol. The molecular weight excluding hydrogens is 94.1 g/mol. The van der Waals surface area contributed by atoms with Gasteiger partial charge in [0.05, 0.1) is 12.0 Å². The molecule has 1 nitrogen and oxygen atoms in total. The standard InChI is InChI=1S/C4H5NS/c1-4(2-5)3-6/h3-4H,1H3. The number of hydrogen-bond donors (Lipinski definition) is 0. The average molecular weight is 99.2 g/mol. The Labute approximate surface area is 42.6 Å². The Kier molecular flexibility index (Phi) is 2.60. The van der Waals surface area contributed by atoms with E-state index in [-0.39, 0.29) is 5.92 Å². The van der Waals surface area contributed by atoms with Gasteiger partial charge in [-0.05, 0) is 12.3 Å². The van der Waals surface area contributed by atoms with Crippen molar-refractivity contribution in [3.8, 4) is 6.07 Å². The Morgan fingerprint density at radius 2 is 2.50 bits per heavy atom. The fourth-order valence-electron chi connectivity index (χ4n) is 0.0304. The smallest absolute Gasteiger partial charge is 0.0717 e. The molecule has 0 aliphatic rings. The number of thiocarbonyl (C=S) groups is 1. The van der Waals surface area contributed by atoms with Crippen LogP contribution in [0.5, 0.6) is 0 Å². The third-order valence-electron chi connectivity index (χ3n) is 0.408. The van der Waals surface area contributed by atoms with Gasteiger partial charge in [0.15, 0.2) is 0 Å². The lowest BCUT2D eigenvalue weighted by Crippen LogP contribution is -1.84. The second kappa shape index (κ2) is 2.80. The van der Waals surface area contributed by atoms with E-state index in [0.717, 1.165) is 0 Å². The van der Waals surface area contributed by atoms with Crippen LogP contribution in [0, 0.1) is 17.2 Å². The molecule has 0 aromatic carbocycles. The molecule has 0 rings (SSSR count). The summed E-state index contributed by atoms with van der Waals surface area (Å²) in [4.78, 5) is 0. The highest BCUT2D eigenvalue weighted by Crippen LogP contribution is 1.82. The zero-order chi connectivity index (χ0) is 4.99. The highest BCUT2D eigenvalue weighted by Gasteiger charge is 1.85. The summed E-state index contributed by atoms with van der Waals surface area (Å²) in [7, 11) is 0. The fourth-order valence-corrected chi connectivity index (χ4v) is 0.0913. The normalized spacial score (nSPS) is 12.0. The van der Waals surface area contributed by atoms with Crippen LogP contribution in [-0.2, 0) is 0 Å². The molecular formula is C4H5NS. The summed E-state index contributed by atoms with van der Waals surface area (Å²) < 4.78 is 0. The van der Waals surface area contributed by atoms with Crippen LogP contribution < -0.4 is 0 Å². The van der Waals surface area contributed by atoms with Gasteiger partial charge in [0, 0.05) is 0 Å². The first-order valence-electron chi connectivity index (χ1n) is 1.66. The molecule has 0 spiro atoms. The van der Waals surface area contributed by atoms with E-state index in [0.29, 0.717) is 0 Å². The van der Waals surface area contributed by atoms with Crippen molar-refractivity contribution < 1.29 is 0 Å². The molecule has 1 unspecified atom stereocenters. The van der Waals surface area contributed by atoms with Crippen molar-refractivity contribution in [1.29, 1.82) is 5.26 Å². The van der Waals surface area contributed by atoms with E-state index in [9.17, 15) is 0 Å². The van der Waals surface area contributed by atoms with Crippen LogP contribution in [0.4, 0.5) is 0 Å². The molecule has 0 bridgehead atoms. The maximum Gasteiger partial charge on any atom is 0.0717 e. The molecule has 0 aliphatic heterocycles. The van der Waals surface area contributed by atoms with Crippen LogP contribution in [0.1, 0.15) is 6.92 Å². The van der Waals surface area contributed by atoms with Crippen molar-refractivity contribution in [3.05, 3.63) is 0 Å². The Bertz CT molecular complexity index is 82.0. The van der Waals surface area contributed by atoms with Gasteiger partial charge in [-0.1, -0.05) is 12.2 Å². The quantitative estimate of drug-likeness (QED) is 0.460. The minimum absolute atomic E-state index is 0.0694. The van der Waals surface area contributed by atoms with E-state index in [1.807, 2.05) is 6.07 Å². The summed E-state index contributed by atoms with van der Waals surface area (Å²) in [6.07, 6.45) is 0. The summed E-state index contributed by atoms with van der Waals surface area (Å²) in [5.74, 6) is -0.0694. The molecule has 0 aromatic rings. The number of nitrogens with zero attached hydrogens (tertiary/aromatic N) is 1. The van der Waals surface area contributed by atoms with Crippen LogP contribution in [0.15, 0.2) is 0 Å². The lowest BCUT2D eigenvalue weighted by molar-refractivity contribution is 1.06. The van der Waals surface area contributed by atoms with Gasteiger partial charge in [0.2, 0.25) is 0 Å². The molecule has 0 saturated carbocycles. The molecule has 0 heterocycles. The SMILES string of the molecule is CC(C#N)C=S. The molecule has 1 atom stereocenters. The van der Waals surface area contributed by atoms with Gasteiger partial charge < -0.3 is 0 Å². The summed E-state index contributed by atoms with van der Waals surface area (Å²) in [5.41, 5.74) is 0. The highest BCUT2D eigenvalue weighted by atomic mass is 32.1. The third-order valence-corrected chi connectivity index (χ3v) is 0.816. The fraction of sp³-hybridized carbons (Fsp3) is 0.500. The summed E-state index contributed by atoms with van der Waals surface area (Å²) in [5, 5.41) is 9.43. The predicted octanol–water partition coefficient (Wildman–Crippen LogP) is 1.15. The molecule has 0 aromatic heterocycles. The van der Waals surface area contributed by atoms with Gasteiger partial charge >= 0.3 is 0 Å². The molecule has 2 heteroatoms. The topological polar surface area (TPSA) is 23.8 Å². The second-order valence-electron chi connectivity index (χ2n) is 1.05. The Morgan fingerprint density at radius 3 is 2.50 bits per heavy atom. The van der Waals surface area contributed by atoms with E-state index in [1.54, 1.807) is 6.92 Å². The zero-order valence-corrected chi connectivity index (χ0v) is 4.33. The van der Waals surface area contributed by atoms with Crippen LogP contribution in [-0.4, -0.2) is 5.37 Å². The molecule has 0 aliphatic carbocycles. The minimum atomic E-state index is -0.0694. The predicted molar refractivity (Wildman–Crippen MR) is 28.4 cm³/mol. The van der Waals surface area contributed by atoms with Gasteiger partial charge in [-0.15, -0.1) is 0 Å². The van der Waals surface area contributed by atoms with E-state index in [2.05, 4.69) is 12.2 Å². The maximum atomic E-state index is 7.99. The largest absolute Gasteiger partial charge is 0.198 e. The van der Waals surface area contributed by atoms with E-state index in [1.165, 1.54) is 5.37 Å². The van der Waals surface area contributed by atoms with Crippen molar-refractivity contribution >= 4 is 17.6 Å². The average Bonchev–Trinajstić information content (AvgIpc) is 1.65. The van der Waals surface area contributed by atoms with Gasteiger partial charge in [0.1, 0.15) is 0 Å². The van der Waals surface area contributed by atoms with Crippen LogP contribution in [0.3, 0.4) is 0 Å². The number of nitriles is 1. The summed E-state index contributed by atoms with van der Waals surface area (Å²) in [6, 6.07) is 1.95. The van der Waals surface area contributed by atoms with Crippen molar-refractivity contribution in [1.82, 2.24) is 0 Å². The maximum absolute atomic E-state index is 7.99. The van der Waals surface area contributed by atoms with Crippen LogP contribution >= 0.6 is 12.2 Å². The molecule has 0 radical (unpaired) electrons. The van der Waals surface area contributed by atoms with Crippen molar-refractivity contribution in [2.45, 2.75) is 6.92 Å².